The molecule has 0 spiro atoms. The quantitative estimate of drug-likeness (QED) is 0.722. The molecule has 0 fully saturated rings. The Morgan fingerprint density at radius 3 is 2.62 bits per heavy atom. The maximum Gasteiger partial charge on any atom is 0.315 e. The van der Waals surface area contributed by atoms with Crippen LogP contribution in [0.15, 0.2) is 18.2 Å². The maximum atomic E-state index is 11.8. The first kappa shape index (κ1) is 17.3. The van der Waals surface area contributed by atoms with Crippen molar-refractivity contribution in [1.29, 1.82) is 0 Å². The molecule has 0 aliphatic carbocycles. The smallest absolute Gasteiger partial charge is 0.315 e. The molecule has 0 heterocycles. The van der Waals surface area contributed by atoms with Gasteiger partial charge in [-0.05, 0) is 36.5 Å². The van der Waals surface area contributed by atoms with Crippen molar-refractivity contribution in [2.75, 3.05) is 13.7 Å². The Kier molecular flexibility index (Phi) is 7.02. The van der Waals surface area contributed by atoms with Crippen molar-refractivity contribution in [2.45, 2.75) is 39.8 Å². The van der Waals surface area contributed by atoms with Crippen LogP contribution in [0.1, 0.15) is 31.4 Å². The Labute approximate surface area is 126 Å². The van der Waals surface area contributed by atoms with E-state index in [1.54, 1.807) is 7.11 Å². The number of nitrogens with one attached hydrogen (secondary N) is 2. The molecule has 0 bridgehead atoms. The number of urea groups is 1. The van der Waals surface area contributed by atoms with E-state index in [0.717, 1.165) is 23.3 Å². The average molecular weight is 294 g/mol. The second kappa shape index (κ2) is 8.52. The fraction of sp³-hybridized carbons (Fsp3) is 0.562. The van der Waals surface area contributed by atoms with E-state index in [2.05, 4.69) is 24.5 Å². The van der Waals surface area contributed by atoms with Gasteiger partial charge in [-0.2, -0.15) is 0 Å². The van der Waals surface area contributed by atoms with Crippen LogP contribution in [-0.2, 0) is 6.54 Å². The fourth-order valence-electron chi connectivity index (χ4n) is 2.22. The van der Waals surface area contributed by atoms with Crippen LogP contribution in [0.4, 0.5) is 4.79 Å². The van der Waals surface area contributed by atoms with Crippen LogP contribution in [0.3, 0.4) is 0 Å². The van der Waals surface area contributed by atoms with Gasteiger partial charge in [0.15, 0.2) is 0 Å². The normalized spacial score (nSPS) is 12.1. The molecule has 0 aliphatic heterocycles. The predicted molar refractivity (Wildman–Crippen MR) is 83.4 cm³/mol. The molecule has 0 radical (unpaired) electrons. The minimum atomic E-state index is -0.261. The SMILES string of the molecule is COc1ccc(CNC(=O)N[C@@H](CO)CC(C)C)cc1C. The molecule has 0 aromatic heterocycles. The van der Waals surface area contributed by atoms with E-state index >= 15 is 0 Å². The molecule has 0 unspecified atom stereocenters. The van der Waals surface area contributed by atoms with Gasteiger partial charge in [-0.15, -0.1) is 0 Å². The lowest BCUT2D eigenvalue weighted by Crippen LogP contribution is -2.44. The molecule has 3 N–H and O–H groups in total. The lowest BCUT2D eigenvalue weighted by atomic mass is 10.0. The van der Waals surface area contributed by atoms with Crippen LogP contribution in [0.25, 0.3) is 0 Å². The third-order valence-corrected chi connectivity index (χ3v) is 3.22. The van der Waals surface area contributed by atoms with Crippen LogP contribution in [0, 0.1) is 12.8 Å². The Bertz CT molecular complexity index is 461. The third kappa shape index (κ3) is 6.04. The molecule has 1 aromatic carbocycles. The highest BCUT2D eigenvalue weighted by Crippen LogP contribution is 2.18. The largest absolute Gasteiger partial charge is 0.496 e. The standard InChI is InChI=1S/C16H26N2O3/c1-11(2)7-14(10-19)18-16(20)17-9-13-5-6-15(21-4)12(3)8-13/h5-6,8,11,14,19H,7,9-10H2,1-4H3,(H2,17,18,20)/t14-/m1/s1. The van der Waals surface area contributed by atoms with E-state index in [9.17, 15) is 9.90 Å². The van der Waals surface area contributed by atoms with Gasteiger partial charge in [0.05, 0.1) is 19.8 Å². The van der Waals surface area contributed by atoms with Crippen LogP contribution in [0.2, 0.25) is 0 Å². The van der Waals surface area contributed by atoms with E-state index in [4.69, 9.17) is 4.74 Å². The summed E-state index contributed by atoms with van der Waals surface area (Å²) < 4.78 is 5.20. The summed E-state index contributed by atoms with van der Waals surface area (Å²) in [4.78, 5) is 11.8. The van der Waals surface area contributed by atoms with E-state index in [1.165, 1.54) is 0 Å². The van der Waals surface area contributed by atoms with E-state index in [-0.39, 0.29) is 18.7 Å². The number of amides is 2. The van der Waals surface area contributed by atoms with Gasteiger partial charge < -0.3 is 20.5 Å². The monoisotopic (exact) mass is 294 g/mol. The van der Waals surface area contributed by atoms with Gasteiger partial charge in [0.2, 0.25) is 0 Å². The zero-order valence-corrected chi connectivity index (χ0v) is 13.3. The highest BCUT2D eigenvalue weighted by atomic mass is 16.5. The zero-order chi connectivity index (χ0) is 15.8. The lowest BCUT2D eigenvalue weighted by molar-refractivity contribution is 0.206. The molecular weight excluding hydrogens is 268 g/mol. The summed E-state index contributed by atoms with van der Waals surface area (Å²) in [6.45, 7) is 6.47. The van der Waals surface area contributed by atoms with Gasteiger partial charge in [-0.1, -0.05) is 26.0 Å². The van der Waals surface area contributed by atoms with Crippen molar-refractivity contribution in [3.63, 3.8) is 0 Å². The minimum absolute atomic E-state index is 0.0484. The number of ether oxygens (including phenoxy) is 1. The summed E-state index contributed by atoms with van der Waals surface area (Å²) >= 11 is 0. The van der Waals surface area contributed by atoms with Crippen molar-refractivity contribution in [1.82, 2.24) is 10.6 Å². The summed E-state index contributed by atoms with van der Waals surface area (Å²) in [5.41, 5.74) is 2.04. The van der Waals surface area contributed by atoms with Gasteiger partial charge >= 0.3 is 6.03 Å². The van der Waals surface area contributed by atoms with Crippen molar-refractivity contribution < 1.29 is 14.6 Å². The highest BCUT2D eigenvalue weighted by Gasteiger charge is 2.12. The molecule has 1 rings (SSSR count). The molecule has 1 atom stereocenters. The molecule has 21 heavy (non-hydrogen) atoms. The lowest BCUT2D eigenvalue weighted by Gasteiger charge is -2.18. The van der Waals surface area contributed by atoms with Gasteiger partial charge in [-0.3, -0.25) is 0 Å². The number of methoxy groups -OCH3 is 1. The Balaban J connectivity index is 2.47. The number of benzene rings is 1. The number of aliphatic hydroxyl groups is 1. The van der Waals surface area contributed by atoms with Crippen LogP contribution in [-0.4, -0.2) is 30.9 Å². The molecule has 1 aromatic rings. The topological polar surface area (TPSA) is 70.6 Å². The summed E-state index contributed by atoms with van der Waals surface area (Å²) in [5.74, 6) is 1.26. The number of aliphatic hydroxyl groups excluding tert-OH is 1. The summed E-state index contributed by atoms with van der Waals surface area (Å²) in [5, 5.41) is 14.8. The molecule has 0 aliphatic rings. The second-order valence-corrected chi connectivity index (χ2v) is 5.64. The minimum Gasteiger partial charge on any atom is -0.496 e. The van der Waals surface area contributed by atoms with E-state index in [0.29, 0.717) is 12.5 Å². The van der Waals surface area contributed by atoms with Gasteiger partial charge in [0.25, 0.3) is 0 Å². The van der Waals surface area contributed by atoms with Crippen molar-refractivity contribution in [3.8, 4) is 5.75 Å². The van der Waals surface area contributed by atoms with Gasteiger partial charge in [0.1, 0.15) is 5.75 Å². The zero-order valence-electron chi connectivity index (χ0n) is 13.3. The van der Waals surface area contributed by atoms with Gasteiger partial charge in [0, 0.05) is 6.54 Å². The average Bonchev–Trinajstić information content (AvgIpc) is 2.44. The van der Waals surface area contributed by atoms with Gasteiger partial charge in [-0.25, -0.2) is 4.79 Å². The summed E-state index contributed by atoms with van der Waals surface area (Å²) in [7, 11) is 1.64. The van der Waals surface area contributed by atoms with Crippen LogP contribution >= 0.6 is 0 Å². The van der Waals surface area contributed by atoms with Crippen molar-refractivity contribution in [2.24, 2.45) is 5.92 Å². The fourth-order valence-corrected chi connectivity index (χ4v) is 2.22. The van der Waals surface area contributed by atoms with E-state index in [1.807, 2.05) is 25.1 Å². The second-order valence-electron chi connectivity index (χ2n) is 5.64. The molecule has 5 nitrogen and oxygen atoms in total. The van der Waals surface area contributed by atoms with E-state index < -0.39 is 0 Å². The number of aryl methyl sites for hydroxylation is 1. The molecule has 0 saturated heterocycles. The molecule has 118 valence electrons. The number of carbonyl (C=O) groups is 1. The molecule has 5 heteroatoms. The number of rotatable bonds is 7. The maximum absolute atomic E-state index is 11.8. The Hall–Kier alpha value is -1.75. The van der Waals surface area contributed by atoms with Crippen LogP contribution < -0.4 is 15.4 Å². The van der Waals surface area contributed by atoms with Crippen molar-refractivity contribution >= 4 is 6.03 Å². The molecule has 0 saturated carbocycles. The first-order valence-corrected chi connectivity index (χ1v) is 7.25. The van der Waals surface area contributed by atoms with Crippen LogP contribution in [0.5, 0.6) is 5.75 Å². The molecule has 2 amide bonds. The Morgan fingerprint density at radius 2 is 2.10 bits per heavy atom. The number of hydrogen-bond acceptors (Lipinski definition) is 3. The highest BCUT2D eigenvalue weighted by molar-refractivity contribution is 5.74. The predicted octanol–water partition coefficient (Wildman–Crippen LogP) is 2.21. The third-order valence-electron chi connectivity index (χ3n) is 3.22. The molecular formula is C16H26N2O3. The first-order valence-electron chi connectivity index (χ1n) is 7.25. The first-order chi connectivity index (χ1) is 9.96. The number of hydrogen-bond donors (Lipinski definition) is 3. The summed E-state index contributed by atoms with van der Waals surface area (Å²) in [6.07, 6.45) is 0.756. The Morgan fingerprint density at radius 1 is 1.38 bits per heavy atom. The van der Waals surface area contributed by atoms with Crippen molar-refractivity contribution in [3.05, 3.63) is 29.3 Å². The number of carbonyl (C=O) groups excluding carboxylic acids is 1. The summed E-state index contributed by atoms with van der Waals surface area (Å²) in [6, 6.07) is 5.32.